The number of primary amides is 1. The molecule has 3 heterocycles. The maximum absolute atomic E-state index is 14.0. The second kappa shape index (κ2) is 7.81. The minimum atomic E-state index is -4.73. The predicted molar refractivity (Wildman–Crippen MR) is 112 cm³/mol. The van der Waals surface area contributed by atoms with Gasteiger partial charge in [0.1, 0.15) is 17.6 Å². The Morgan fingerprint density at radius 2 is 1.97 bits per heavy atom. The molecule has 0 radical (unpaired) electrons. The molecule has 1 aliphatic rings. The number of amides is 1. The molecule has 0 aliphatic carbocycles. The Kier molecular flexibility index (Phi) is 5.49. The standard InChI is InChI=1S/C22H18ClF4N3O3/c1-9-16(10-3-4-12(24)11(23)7-10)19(33-21(9,2)22(25,26)27)14-8-15(31)17-13(30-14)5-6-29-18(17)20(28)32/h3-9,16,19H,1-2H3,(H2,28,32)(H,30,31)/t9-,16-,19-,21+/m1/s1. The van der Waals surface area contributed by atoms with Gasteiger partial charge in [-0.3, -0.25) is 14.6 Å². The van der Waals surface area contributed by atoms with E-state index in [9.17, 15) is 27.2 Å². The molecule has 33 heavy (non-hydrogen) atoms. The van der Waals surface area contributed by atoms with E-state index >= 15 is 0 Å². The zero-order chi connectivity index (χ0) is 24.3. The highest BCUT2D eigenvalue weighted by Gasteiger charge is 2.64. The van der Waals surface area contributed by atoms with E-state index in [2.05, 4.69) is 9.97 Å². The largest absolute Gasteiger partial charge is 0.417 e. The van der Waals surface area contributed by atoms with Gasteiger partial charge >= 0.3 is 6.18 Å². The molecule has 174 valence electrons. The third-order valence-corrected chi connectivity index (χ3v) is 6.59. The number of pyridine rings is 2. The van der Waals surface area contributed by atoms with E-state index in [0.717, 1.165) is 19.1 Å². The fourth-order valence-corrected chi connectivity index (χ4v) is 4.56. The number of nitrogens with two attached hydrogens (primary N) is 1. The van der Waals surface area contributed by atoms with Gasteiger partial charge in [-0.05, 0) is 30.7 Å². The minimum absolute atomic E-state index is 0.0550. The summed E-state index contributed by atoms with van der Waals surface area (Å²) in [5.41, 5.74) is 2.34. The van der Waals surface area contributed by atoms with Crippen LogP contribution in [0, 0.1) is 11.7 Å². The maximum Gasteiger partial charge on any atom is 0.417 e. The van der Waals surface area contributed by atoms with Gasteiger partial charge in [0.05, 0.1) is 15.9 Å². The number of nitrogens with zero attached hydrogens (tertiary/aromatic N) is 1. The first-order valence-electron chi connectivity index (χ1n) is 9.86. The van der Waals surface area contributed by atoms with Gasteiger partial charge in [-0.15, -0.1) is 0 Å². The summed E-state index contributed by atoms with van der Waals surface area (Å²) in [6.45, 7) is 2.31. The molecular formula is C22H18ClF4N3O3. The van der Waals surface area contributed by atoms with E-state index in [0.29, 0.717) is 5.56 Å². The highest BCUT2D eigenvalue weighted by Crippen LogP contribution is 2.58. The van der Waals surface area contributed by atoms with Crippen LogP contribution in [-0.2, 0) is 4.74 Å². The molecular weight excluding hydrogens is 466 g/mol. The molecule has 0 spiro atoms. The number of H-pyrrole nitrogens is 1. The number of hydrogen-bond acceptors (Lipinski definition) is 4. The Hall–Kier alpha value is -2.98. The molecule has 1 fully saturated rings. The normalized spacial score (nSPS) is 25.5. The number of alkyl halides is 3. The molecule has 0 bridgehead atoms. The summed E-state index contributed by atoms with van der Waals surface area (Å²) in [5, 5.41) is -0.331. The number of rotatable bonds is 3. The first-order valence-corrected chi connectivity index (χ1v) is 10.2. The van der Waals surface area contributed by atoms with Crippen molar-refractivity contribution in [1.29, 1.82) is 0 Å². The number of hydrogen-bond donors (Lipinski definition) is 2. The second-order valence-electron chi connectivity index (χ2n) is 8.17. The summed E-state index contributed by atoms with van der Waals surface area (Å²) in [6, 6.07) is 6.13. The van der Waals surface area contributed by atoms with Crippen molar-refractivity contribution >= 4 is 28.4 Å². The smallest absolute Gasteiger partial charge is 0.364 e. The van der Waals surface area contributed by atoms with E-state index in [1.165, 1.54) is 31.3 Å². The van der Waals surface area contributed by atoms with Crippen LogP contribution in [0.3, 0.4) is 0 Å². The van der Waals surface area contributed by atoms with Crippen molar-refractivity contribution in [2.45, 2.75) is 37.6 Å². The van der Waals surface area contributed by atoms with Gasteiger partial charge in [0.25, 0.3) is 5.91 Å². The van der Waals surface area contributed by atoms with E-state index in [-0.39, 0.29) is 27.3 Å². The van der Waals surface area contributed by atoms with E-state index in [1.807, 2.05) is 0 Å². The first-order chi connectivity index (χ1) is 15.3. The Balaban J connectivity index is 1.93. The maximum atomic E-state index is 14.0. The van der Waals surface area contributed by atoms with Crippen LogP contribution in [0.2, 0.25) is 5.02 Å². The lowest BCUT2D eigenvalue weighted by Crippen LogP contribution is -2.46. The molecule has 3 aromatic rings. The topological polar surface area (TPSA) is 98.1 Å². The number of carbonyl (C=O) groups excluding carboxylic acids is 1. The van der Waals surface area contributed by atoms with Crippen LogP contribution in [0.4, 0.5) is 17.6 Å². The molecule has 1 aliphatic heterocycles. The Morgan fingerprint density at radius 3 is 2.58 bits per heavy atom. The molecule has 1 saturated heterocycles. The fraction of sp³-hybridized carbons (Fsp3) is 0.318. The zero-order valence-corrected chi connectivity index (χ0v) is 18.1. The molecule has 3 N–H and O–H groups in total. The number of ether oxygens (including phenoxy) is 1. The Labute approximate surface area is 189 Å². The molecule has 4 atom stereocenters. The third kappa shape index (κ3) is 3.67. The molecule has 1 aromatic carbocycles. The summed E-state index contributed by atoms with van der Waals surface area (Å²) in [4.78, 5) is 31.2. The molecule has 6 nitrogen and oxygen atoms in total. The van der Waals surface area contributed by atoms with Gasteiger partial charge < -0.3 is 15.5 Å². The minimum Gasteiger partial charge on any atom is -0.364 e. The van der Waals surface area contributed by atoms with E-state index in [4.69, 9.17) is 22.1 Å². The van der Waals surface area contributed by atoms with E-state index in [1.54, 1.807) is 0 Å². The molecule has 0 saturated carbocycles. The van der Waals surface area contributed by atoms with Gasteiger partial charge in [-0.25, -0.2) is 4.39 Å². The van der Waals surface area contributed by atoms with Crippen LogP contribution >= 0.6 is 11.6 Å². The van der Waals surface area contributed by atoms with Gasteiger partial charge in [0.15, 0.2) is 11.0 Å². The van der Waals surface area contributed by atoms with Gasteiger partial charge in [-0.2, -0.15) is 13.2 Å². The lowest BCUT2D eigenvalue weighted by atomic mass is 9.77. The van der Waals surface area contributed by atoms with Crippen LogP contribution < -0.4 is 11.2 Å². The summed E-state index contributed by atoms with van der Waals surface area (Å²) in [6.07, 6.45) is -4.74. The summed E-state index contributed by atoms with van der Waals surface area (Å²) < 4.78 is 61.5. The number of aromatic amines is 1. The number of halogens is 5. The first kappa shape index (κ1) is 23.2. The van der Waals surface area contributed by atoms with Crippen molar-refractivity contribution in [2.75, 3.05) is 0 Å². The highest BCUT2D eigenvalue weighted by molar-refractivity contribution is 6.30. The van der Waals surface area contributed by atoms with Crippen molar-refractivity contribution in [3.8, 4) is 0 Å². The monoisotopic (exact) mass is 483 g/mol. The number of carbonyl (C=O) groups is 1. The molecule has 2 aromatic heterocycles. The lowest BCUT2D eigenvalue weighted by molar-refractivity contribution is -0.275. The predicted octanol–water partition coefficient (Wildman–Crippen LogP) is 4.63. The second-order valence-corrected chi connectivity index (χ2v) is 8.57. The summed E-state index contributed by atoms with van der Waals surface area (Å²) in [7, 11) is 0. The van der Waals surface area contributed by atoms with Gasteiger partial charge in [0.2, 0.25) is 0 Å². The fourth-order valence-electron chi connectivity index (χ4n) is 4.37. The van der Waals surface area contributed by atoms with Crippen LogP contribution in [0.15, 0.2) is 41.3 Å². The number of aromatic nitrogens is 2. The quantitative estimate of drug-likeness (QED) is 0.531. The van der Waals surface area contributed by atoms with Crippen LogP contribution in [0.5, 0.6) is 0 Å². The average molecular weight is 484 g/mol. The zero-order valence-electron chi connectivity index (χ0n) is 17.3. The number of fused-ring (bicyclic) bond motifs is 1. The third-order valence-electron chi connectivity index (χ3n) is 6.30. The van der Waals surface area contributed by atoms with Gasteiger partial charge in [0, 0.05) is 29.8 Å². The van der Waals surface area contributed by atoms with Crippen molar-refractivity contribution in [3.05, 3.63) is 74.5 Å². The van der Waals surface area contributed by atoms with Crippen LogP contribution in [0.1, 0.15) is 47.6 Å². The number of benzene rings is 1. The molecule has 11 heteroatoms. The molecule has 1 amide bonds. The SMILES string of the molecule is C[C@@H]1[C@H](c2ccc(F)c(Cl)c2)[C@@H](c2cc(=O)c3c(C(N)=O)nccc3[nH]2)O[C@]1(C)C(F)(F)F. The van der Waals surface area contributed by atoms with E-state index < -0.39 is 46.9 Å². The Bertz CT molecular complexity index is 1330. The average Bonchev–Trinajstić information content (AvgIpc) is 3.01. The Morgan fingerprint density at radius 1 is 1.27 bits per heavy atom. The van der Waals surface area contributed by atoms with Gasteiger partial charge in [-0.1, -0.05) is 24.6 Å². The number of nitrogens with one attached hydrogen (secondary N) is 1. The summed E-state index contributed by atoms with van der Waals surface area (Å²) >= 11 is 5.90. The molecule has 4 rings (SSSR count). The van der Waals surface area contributed by atoms with Crippen molar-refractivity contribution in [3.63, 3.8) is 0 Å². The van der Waals surface area contributed by atoms with Crippen molar-refractivity contribution in [2.24, 2.45) is 11.7 Å². The lowest BCUT2D eigenvalue weighted by Gasteiger charge is -2.31. The summed E-state index contributed by atoms with van der Waals surface area (Å²) in [5.74, 6) is -3.69. The highest BCUT2D eigenvalue weighted by atomic mass is 35.5. The van der Waals surface area contributed by atoms with Crippen LogP contribution in [-0.4, -0.2) is 27.7 Å². The van der Waals surface area contributed by atoms with Crippen LogP contribution in [0.25, 0.3) is 10.9 Å². The molecule has 0 unspecified atom stereocenters. The van der Waals surface area contributed by atoms with Crippen molar-refractivity contribution in [1.82, 2.24) is 9.97 Å². The van der Waals surface area contributed by atoms with Crippen molar-refractivity contribution < 1.29 is 27.1 Å².